The second-order valence-electron chi connectivity index (χ2n) is 8.07. The molecule has 0 fully saturated rings. The average Bonchev–Trinajstić information content (AvgIpc) is 3.26. The van der Waals surface area contributed by atoms with Gasteiger partial charge in [0.05, 0.1) is 18.0 Å². The summed E-state index contributed by atoms with van der Waals surface area (Å²) in [4.78, 5) is 11.4. The average molecular weight is 430 g/mol. The molecule has 0 amide bonds. The molecule has 2 aliphatic heterocycles. The standard InChI is InChI=1S/C24H27N7O/c1-18-7-8-19-9-10-23(27-24(19)31(18)25)32-15-5-4-13-29-14-11-21-20(16-29)17-30(28-21)22-6-2-3-12-26-22/h2-3,6-10,12,17H,1,4-5,11,13-16,25H2. The van der Waals surface area contributed by atoms with E-state index in [0.29, 0.717) is 24.0 Å². The first-order valence-electron chi connectivity index (χ1n) is 10.9. The number of hydrogen-bond acceptors (Lipinski definition) is 7. The molecule has 0 atom stereocenters. The maximum atomic E-state index is 6.04. The zero-order valence-electron chi connectivity index (χ0n) is 18.0. The largest absolute Gasteiger partial charge is 0.478 e. The molecule has 0 spiro atoms. The summed E-state index contributed by atoms with van der Waals surface area (Å²) >= 11 is 0. The lowest BCUT2D eigenvalue weighted by molar-refractivity contribution is 0.232. The summed E-state index contributed by atoms with van der Waals surface area (Å²) in [5.41, 5.74) is 4.14. The lowest BCUT2D eigenvalue weighted by Crippen LogP contribution is -2.31. The van der Waals surface area contributed by atoms with Gasteiger partial charge in [0, 0.05) is 49.1 Å². The van der Waals surface area contributed by atoms with Crippen LogP contribution >= 0.6 is 0 Å². The molecule has 0 unspecified atom stereocenters. The fourth-order valence-corrected chi connectivity index (χ4v) is 4.03. The highest BCUT2D eigenvalue weighted by Gasteiger charge is 2.20. The van der Waals surface area contributed by atoms with Gasteiger partial charge in [-0.15, -0.1) is 0 Å². The predicted molar refractivity (Wildman–Crippen MR) is 124 cm³/mol. The van der Waals surface area contributed by atoms with E-state index < -0.39 is 0 Å². The van der Waals surface area contributed by atoms with E-state index in [9.17, 15) is 0 Å². The van der Waals surface area contributed by atoms with Gasteiger partial charge < -0.3 is 4.74 Å². The highest BCUT2D eigenvalue weighted by atomic mass is 16.5. The topological polar surface area (TPSA) is 85.3 Å². The molecule has 32 heavy (non-hydrogen) atoms. The molecule has 8 nitrogen and oxygen atoms in total. The molecule has 164 valence electrons. The third-order valence-corrected chi connectivity index (χ3v) is 5.81. The van der Waals surface area contributed by atoms with Crippen molar-refractivity contribution in [1.29, 1.82) is 0 Å². The number of fused-ring (bicyclic) bond motifs is 2. The molecular weight excluding hydrogens is 402 g/mol. The van der Waals surface area contributed by atoms with Gasteiger partial charge in [0.15, 0.2) is 11.6 Å². The molecule has 3 aromatic heterocycles. The Hall–Kier alpha value is -3.49. The van der Waals surface area contributed by atoms with E-state index in [4.69, 9.17) is 15.7 Å². The molecule has 2 N–H and O–H groups in total. The summed E-state index contributed by atoms with van der Waals surface area (Å²) in [7, 11) is 0. The summed E-state index contributed by atoms with van der Waals surface area (Å²) in [6.07, 6.45) is 10.7. The maximum Gasteiger partial charge on any atom is 0.215 e. The van der Waals surface area contributed by atoms with E-state index in [0.717, 1.165) is 50.3 Å². The van der Waals surface area contributed by atoms with Crippen LogP contribution in [0.3, 0.4) is 0 Å². The number of hydrogen-bond donors (Lipinski definition) is 1. The third-order valence-electron chi connectivity index (χ3n) is 5.81. The minimum absolute atomic E-state index is 0.590. The van der Waals surface area contributed by atoms with Crippen molar-refractivity contribution in [3.05, 3.63) is 77.9 Å². The van der Waals surface area contributed by atoms with Crippen molar-refractivity contribution in [1.82, 2.24) is 24.6 Å². The molecule has 5 heterocycles. The van der Waals surface area contributed by atoms with Crippen molar-refractivity contribution in [2.75, 3.05) is 24.7 Å². The number of allylic oxidation sites excluding steroid dienone is 1. The number of rotatable bonds is 7. The molecule has 8 heteroatoms. The van der Waals surface area contributed by atoms with Crippen LogP contribution in [0.5, 0.6) is 5.88 Å². The fraction of sp³-hybridized carbons (Fsp3) is 0.292. The minimum Gasteiger partial charge on any atom is -0.478 e. The smallest absolute Gasteiger partial charge is 0.215 e. The van der Waals surface area contributed by atoms with E-state index in [-0.39, 0.29) is 0 Å². The molecule has 0 bridgehead atoms. The Morgan fingerprint density at radius 3 is 2.94 bits per heavy atom. The normalized spacial score (nSPS) is 15.5. The van der Waals surface area contributed by atoms with Crippen molar-refractivity contribution < 1.29 is 4.74 Å². The van der Waals surface area contributed by atoms with E-state index in [1.807, 2.05) is 47.2 Å². The summed E-state index contributed by atoms with van der Waals surface area (Å²) in [5.74, 6) is 8.16. The second kappa shape index (κ2) is 8.94. The van der Waals surface area contributed by atoms with Gasteiger partial charge in [0.2, 0.25) is 5.88 Å². The van der Waals surface area contributed by atoms with Crippen molar-refractivity contribution in [3.63, 3.8) is 0 Å². The monoisotopic (exact) mass is 429 g/mol. The summed E-state index contributed by atoms with van der Waals surface area (Å²) in [5, 5.41) is 6.21. The molecule has 0 aliphatic carbocycles. The minimum atomic E-state index is 0.590. The van der Waals surface area contributed by atoms with Crippen molar-refractivity contribution in [2.24, 2.45) is 5.84 Å². The molecule has 5 rings (SSSR count). The van der Waals surface area contributed by atoms with Gasteiger partial charge in [0.1, 0.15) is 0 Å². The zero-order chi connectivity index (χ0) is 21.9. The van der Waals surface area contributed by atoms with E-state index in [2.05, 4.69) is 27.6 Å². The van der Waals surface area contributed by atoms with Crippen molar-refractivity contribution >= 4 is 11.9 Å². The number of ether oxygens (including phenoxy) is 1. The molecule has 2 aliphatic rings. The van der Waals surface area contributed by atoms with Gasteiger partial charge in [-0.1, -0.05) is 12.6 Å². The van der Waals surface area contributed by atoms with Crippen molar-refractivity contribution in [2.45, 2.75) is 25.8 Å². The van der Waals surface area contributed by atoms with Gasteiger partial charge >= 0.3 is 0 Å². The van der Waals surface area contributed by atoms with Crippen LogP contribution in [0.1, 0.15) is 29.7 Å². The van der Waals surface area contributed by atoms with Crippen LogP contribution in [0.4, 0.5) is 5.82 Å². The Kier molecular flexibility index (Phi) is 5.70. The third kappa shape index (κ3) is 4.28. The maximum absolute atomic E-state index is 6.04. The highest BCUT2D eigenvalue weighted by molar-refractivity contribution is 5.72. The second-order valence-corrected chi connectivity index (χ2v) is 8.07. The number of anilines is 1. The van der Waals surface area contributed by atoms with Gasteiger partial charge in [-0.05, 0) is 49.7 Å². The number of nitrogens with two attached hydrogens (primary N) is 1. The number of pyridine rings is 2. The first kappa shape index (κ1) is 20.4. The fourth-order valence-electron chi connectivity index (χ4n) is 4.03. The van der Waals surface area contributed by atoms with Crippen LogP contribution in [0, 0.1) is 0 Å². The Morgan fingerprint density at radius 2 is 2.06 bits per heavy atom. The number of nitrogens with zero attached hydrogens (tertiary/aromatic N) is 6. The summed E-state index contributed by atoms with van der Waals surface area (Å²) < 4.78 is 7.76. The summed E-state index contributed by atoms with van der Waals surface area (Å²) in [6.45, 7) is 7.53. The van der Waals surface area contributed by atoms with Gasteiger partial charge in [0.25, 0.3) is 0 Å². The van der Waals surface area contributed by atoms with Gasteiger partial charge in [-0.3, -0.25) is 9.91 Å². The lowest BCUT2D eigenvalue weighted by Gasteiger charge is -2.25. The van der Waals surface area contributed by atoms with Crippen LogP contribution in [0.2, 0.25) is 0 Å². The van der Waals surface area contributed by atoms with Gasteiger partial charge in [-0.2, -0.15) is 10.1 Å². The number of aromatic nitrogens is 4. The SMILES string of the molecule is C=C1C=Cc2ccc(OCCCCN3CCc4nn(-c5ccccn5)cc4C3)nc2N1N. The molecule has 0 saturated heterocycles. The lowest BCUT2D eigenvalue weighted by atomic mass is 10.1. The molecule has 0 saturated carbocycles. The van der Waals surface area contributed by atoms with Gasteiger partial charge in [-0.25, -0.2) is 15.5 Å². The Labute approximate surface area is 187 Å². The van der Waals surface area contributed by atoms with Crippen LogP contribution in [0.25, 0.3) is 11.9 Å². The zero-order valence-corrected chi connectivity index (χ0v) is 18.0. The Bertz CT molecular complexity index is 1140. The van der Waals surface area contributed by atoms with Crippen LogP contribution in [-0.2, 0) is 13.0 Å². The molecule has 0 radical (unpaired) electrons. The molecule has 3 aromatic rings. The predicted octanol–water partition coefficient (Wildman–Crippen LogP) is 3.10. The van der Waals surface area contributed by atoms with Crippen LogP contribution in [-0.4, -0.2) is 44.3 Å². The quantitative estimate of drug-likeness (QED) is 0.456. The number of unbranched alkanes of at least 4 members (excludes halogenated alkanes) is 1. The van der Waals surface area contributed by atoms with Crippen LogP contribution in [0.15, 0.2) is 61.1 Å². The first-order chi connectivity index (χ1) is 15.7. The van der Waals surface area contributed by atoms with E-state index >= 15 is 0 Å². The van der Waals surface area contributed by atoms with E-state index in [1.165, 1.54) is 16.3 Å². The Morgan fingerprint density at radius 1 is 1.12 bits per heavy atom. The van der Waals surface area contributed by atoms with Crippen molar-refractivity contribution in [3.8, 4) is 11.7 Å². The van der Waals surface area contributed by atoms with Crippen LogP contribution < -0.4 is 15.6 Å². The van der Waals surface area contributed by atoms with E-state index in [1.54, 1.807) is 6.20 Å². The summed E-state index contributed by atoms with van der Waals surface area (Å²) in [6, 6.07) is 9.73. The first-order valence-corrected chi connectivity index (χ1v) is 10.9. The number of hydrazine groups is 1. The Balaban J connectivity index is 1.09. The molecule has 0 aromatic carbocycles. The highest BCUT2D eigenvalue weighted by Crippen LogP contribution is 2.28. The molecular formula is C24H27N7O.